The maximum absolute atomic E-state index is 4.59. The minimum atomic E-state index is 0.614. The van der Waals surface area contributed by atoms with Crippen molar-refractivity contribution in [2.75, 3.05) is 13.1 Å². The van der Waals surface area contributed by atoms with Crippen LogP contribution >= 0.6 is 0 Å². The molecule has 2 heterocycles. The second kappa shape index (κ2) is 8.36. The highest BCUT2D eigenvalue weighted by Gasteiger charge is 2.02. The van der Waals surface area contributed by atoms with Gasteiger partial charge >= 0.3 is 0 Å². The Morgan fingerprint density at radius 2 is 2.13 bits per heavy atom. The van der Waals surface area contributed by atoms with Gasteiger partial charge in [-0.3, -0.25) is 9.36 Å². The fourth-order valence-corrected chi connectivity index (χ4v) is 2.40. The van der Waals surface area contributed by atoms with Crippen molar-refractivity contribution in [3.8, 4) is 0 Å². The Kier molecular flexibility index (Phi) is 6.19. The van der Waals surface area contributed by atoms with Gasteiger partial charge in [-0.2, -0.15) is 10.2 Å². The summed E-state index contributed by atoms with van der Waals surface area (Å²) >= 11 is 0. The van der Waals surface area contributed by atoms with E-state index in [0.29, 0.717) is 6.54 Å². The van der Waals surface area contributed by atoms with Crippen molar-refractivity contribution >= 4 is 5.96 Å². The Hall–Kier alpha value is -2.31. The van der Waals surface area contributed by atoms with Gasteiger partial charge in [0.25, 0.3) is 0 Å². The molecule has 2 rings (SSSR count). The molecule has 2 aromatic heterocycles. The molecule has 0 unspecified atom stereocenters. The zero-order valence-electron chi connectivity index (χ0n) is 14.5. The Balaban J connectivity index is 1.80. The molecule has 0 fully saturated rings. The van der Waals surface area contributed by atoms with Gasteiger partial charge in [-0.05, 0) is 39.3 Å². The summed E-state index contributed by atoms with van der Waals surface area (Å²) in [6, 6.07) is 4.09. The molecule has 0 aliphatic carbocycles. The third-order valence-electron chi connectivity index (χ3n) is 3.61. The Morgan fingerprint density at radius 3 is 2.74 bits per heavy atom. The minimum Gasteiger partial charge on any atom is -0.357 e. The van der Waals surface area contributed by atoms with Crippen LogP contribution in [0.1, 0.15) is 30.4 Å². The molecular weight excluding hydrogens is 290 g/mol. The molecule has 0 aromatic carbocycles. The highest BCUT2D eigenvalue weighted by atomic mass is 15.3. The largest absolute Gasteiger partial charge is 0.357 e. The fourth-order valence-electron chi connectivity index (χ4n) is 2.40. The van der Waals surface area contributed by atoms with E-state index in [9.17, 15) is 0 Å². The molecule has 2 N–H and O–H groups in total. The van der Waals surface area contributed by atoms with Crippen LogP contribution in [0.5, 0.6) is 0 Å². The van der Waals surface area contributed by atoms with Crippen molar-refractivity contribution in [3.05, 3.63) is 35.4 Å². The molecule has 0 radical (unpaired) electrons. The third kappa shape index (κ3) is 5.12. The van der Waals surface area contributed by atoms with E-state index < -0.39 is 0 Å². The van der Waals surface area contributed by atoms with E-state index in [1.165, 1.54) is 5.69 Å². The minimum absolute atomic E-state index is 0.614. The zero-order valence-corrected chi connectivity index (χ0v) is 14.5. The van der Waals surface area contributed by atoms with E-state index in [1.807, 2.05) is 24.7 Å². The molecule has 0 amide bonds. The normalized spacial score (nSPS) is 11.7. The van der Waals surface area contributed by atoms with Crippen molar-refractivity contribution < 1.29 is 0 Å². The van der Waals surface area contributed by atoms with Gasteiger partial charge in [-0.1, -0.05) is 0 Å². The summed E-state index contributed by atoms with van der Waals surface area (Å²) in [7, 11) is 1.93. The average Bonchev–Trinajstić information content (AvgIpc) is 3.06. The van der Waals surface area contributed by atoms with Gasteiger partial charge in [0.1, 0.15) is 0 Å². The number of guanidine groups is 1. The molecule has 0 saturated carbocycles. The van der Waals surface area contributed by atoms with E-state index in [-0.39, 0.29) is 0 Å². The lowest BCUT2D eigenvalue weighted by molar-refractivity contribution is 0.555. The number of rotatable bonds is 7. The van der Waals surface area contributed by atoms with Crippen molar-refractivity contribution in [2.24, 2.45) is 12.0 Å². The maximum atomic E-state index is 4.59. The van der Waals surface area contributed by atoms with Gasteiger partial charge < -0.3 is 10.6 Å². The first-order valence-electron chi connectivity index (χ1n) is 8.10. The van der Waals surface area contributed by atoms with Crippen LogP contribution < -0.4 is 10.6 Å². The highest BCUT2D eigenvalue weighted by molar-refractivity contribution is 5.79. The second-order valence-electron chi connectivity index (χ2n) is 5.57. The van der Waals surface area contributed by atoms with Gasteiger partial charge in [-0.25, -0.2) is 4.99 Å². The summed E-state index contributed by atoms with van der Waals surface area (Å²) in [5.74, 6) is 0.835. The molecule has 126 valence electrons. The Bertz CT molecular complexity index is 639. The second-order valence-corrected chi connectivity index (χ2v) is 5.57. The zero-order chi connectivity index (χ0) is 16.7. The summed E-state index contributed by atoms with van der Waals surface area (Å²) in [4.78, 5) is 4.59. The van der Waals surface area contributed by atoms with Crippen molar-refractivity contribution in [1.82, 2.24) is 30.2 Å². The van der Waals surface area contributed by atoms with Gasteiger partial charge in [-0.15, -0.1) is 0 Å². The Labute approximate surface area is 137 Å². The van der Waals surface area contributed by atoms with Crippen molar-refractivity contribution in [3.63, 3.8) is 0 Å². The number of hydrogen-bond donors (Lipinski definition) is 2. The molecule has 0 atom stereocenters. The topological polar surface area (TPSA) is 72.1 Å². The first kappa shape index (κ1) is 17.1. The molecule has 2 aromatic rings. The van der Waals surface area contributed by atoms with Crippen LogP contribution in [0, 0.1) is 13.8 Å². The van der Waals surface area contributed by atoms with Crippen LogP contribution in [-0.4, -0.2) is 38.6 Å². The van der Waals surface area contributed by atoms with Crippen LogP contribution in [0.2, 0.25) is 0 Å². The highest BCUT2D eigenvalue weighted by Crippen LogP contribution is 2.02. The van der Waals surface area contributed by atoms with Crippen LogP contribution in [0.25, 0.3) is 0 Å². The predicted octanol–water partition coefficient (Wildman–Crippen LogP) is 1.38. The number of hydrogen-bond acceptors (Lipinski definition) is 3. The first-order valence-corrected chi connectivity index (χ1v) is 8.10. The van der Waals surface area contributed by atoms with Crippen molar-refractivity contribution in [2.45, 2.75) is 40.3 Å². The maximum Gasteiger partial charge on any atom is 0.191 e. The SMILES string of the molecule is CCNC(=NCc1ccnn1C)NCCCn1nc(C)cc1C. The summed E-state index contributed by atoms with van der Waals surface area (Å²) in [6.07, 6.45) is 2.79. The van der Waals surface area contributed by atoms with Gasteiger partial charge in [0.05, 0.1) is 17.9 Å². The molecule has 0 spiro atoms. The molecule has 0 saturated heterocycles. The van der Waals surface area contributed by atoms with Crippen LogP contribution in [0.15, 0.2) is 23.3 Å². The van der Waals surface area contributed by atoms with Gasteiger partial charge in [0.2, 0.25) is 0 Å². The van der Waals surface area contributed by atoms with E-state index in [0.717, 1.165) is 43.4 Å². The number of nitrogens with one attached hydrogen (secondary N) is 2. The predicted molar refractivity (Wildman–Crippen MR) is 92.3 cm³/mol. The molecule has 23 heavy (non-hydrogen) atoms. The van der Waals surface area contributed by atoms with Crippen LogP contribution in [-0.2, 0) is 20.1 Å². The van der Waals surface area contributed by atoms with E-state index >= 15 is 0 Å². The first-order chi connectivity index (χ1) is 11.1. The monoisotopic (exact) mass is 317 g/mol. The lowest BCUT2D eigenvalue weighted by atomic mass is 10.4. The Morgan fingerprint density at radius 1 is 1.30 bits per heavy atom. The van der Waals surface area contributed by atoms with Gasteiger partial charge in [0, 0.05) is 38.6 Å². The summed E-state index contributed by atoms with van der Waals surface area (Å²) in [5.41, 5.74) is 3.37. The summed E-state index contributed by atoms with van der Waals surface area (Å²) < 4.78 is 3.90. The quantitative estimate of drug-likeness (QED) is 0.460. The van der Waals surface area contributed by atoms with Crippen molar-refractivity contribution in [1.29, 1.82) is 0 Å². The van der Waals surface area contributed by atoms with E-state index in [1.54, 1.807) is 6.20 Å². The lowest BCUT2D eigenvalue weighted by Gasteiger charge is -2.11. The third-order valence-corrected chi connectivity index (χ3v) is 3.61. The lowest BCUT2D eigenvalue weighted by Crippen LogP contribution is -2.38. The van der Waals surface area contributed by atoms with E-state index in [4.69, 9.17) is 0 Å². The van der Waals surface area contributed by atoms with E-state index in [2.05, 4.69) is 50.4 Å². The van der Waals surface area contributed by atoms with Gasteiger partial charge in [0.15, 0.2) is 5.96 Å². The molecule has 0 aliphatic rings. The number of nitrogens with zero attached hydrogens (tertiary/aromatic N) is 5. The number of aliphatic imine (C=N–C) groups is 1. The molecule has 0 aliphatic heterocycles. The summed E-state index contributed by atoms with van der Waals surface area (Å²) in [6.45, 7) is 9.40. The van der Waals surface area contributed by atoms with Crippen LogP contribution in [0.3, 0.4) is 0 Å². The summed E-state index contributed by atoms with van der Waals surface area (Å²) in [5, 5.41) is 15.3. The molecule has 0 bridgehead atoms. The molecule has 7 heteroatoms. The standard InChI is InChI=1S/C16H27N7/c1-5-17-16(19-12-15-7-9-20-22(15)4)18-8-6-10-23-14(3)11-13(2)21-23/h7,9,11H,5-6,8,10,12H2,1-4H3,(H2,17,18,19). The number of aryl methyl sites for hydroxylation is 4. The molecule has 7 nitrogen and oxygen atoms in total. The fraction of sp³-hybridized carbons (Fsp3) is 0.562. The average molecular weight is 317 g/mol. The smallest absolute Gasteiger partial charge is 0.191 e. The molecular formula is C16H27N7. The number of aromatic nitrogens is 4. The van der Waals surface area contributed by atoms with Crippen LogP contribution in [0.4, 0.5) is 0 Å².